The zero-order valence-electron chi connectivity index (χ0n) is 15.7. The lowest BCUT2D eigenvalue weighted by atomic mass is 10.1. The second-order valence-electron chi connectivity index (χ2n) is 6.59. The highest BCUT2D eigenvalue weighted by Crippen LogP contribution is 2.17. The zero-order valence-corrected chi connectivity index (χ0v) is 16.5. The first-order chi connectivity index (χ1) is 12.2. The predicted octanol–water partition coefficient (Wildman–Crippen LogP) is 3.72. The van der Waals surface area contributed by atoms with Gasteiger partial charge in [0.15, 0.2) is 0 Å². The summed E-state index contributed by atoms with van der Waals surface area (Å²) in [4.78, 5) is 4.73. The van der Waals surface area contributed by atoms with E-state index in [-0.39, 0.29) is 12.4 Å². The van der Waals surface area contributed by atoms with E-state index in [4.69, 9.17) is 0 Å². The fourth-order valence-corrected chi connectivity index (χ4v) is 3.02. The lowest BCUT2D eigenvalue weighted by molar-refractivity contribution is 0.159. The molecule has 0 amide bonds. The van der Waals surface area contributed by atoms with E-state index in [2.05, 4.69) is 88.5 Å². The second kappa shape index (κ2) is 10.2. The fourth-order valence-electron chi connectivity index (χ4n) is 3.02. The molecular formula is C21H29ClN4. The van der Waals surface area contributed by atoms with Crippen LogP contribution in [0.25, 0.3) is 0 Å². The van der Waals surface area contributed by atoms with Gasteiger partial charge < -0.3 is 9.80 Å². The molecule has 2 aromatic carbocycles. The molecule has 0 aromatic heterocycles. The van der Waals surface area contributed by atoms with Crippen molar-refractivity contribution >= 4 is 24.3 Å². The first-order valence-corrected chi connectivity index (χ1v) is 9.11. The maximum atomic E-state index is 4.62. The highest BCUT2D eigenvalue weighted by atomic mass is 35.5. The van der Waals surface area contributed by atoms with Gasteiger partial charge in [-0.05, 0) is 37.2 Å². The maximum absolute atomic E-state index is 4.62. The van der Waals surface area contributed by atoms with Gasteiger partial charge in [-0.2, -0.15) is 5.10 Å². The van der Waals surface area contributed by atoms with Crippen molar-refractivity contribution in [2.45, 2.75) is 13.5 Å². The Balaban J connectivity index is 0.00000243. The number of likely N-dealkylation sites (N-methyl/N-ethyl adjacent to an activating group) is 1. The Kier molecular flexibility index (Phi) is 7.95. The average Bonchev–Trinajstić information content (AvgIpc) is 2.67. The molecule has 1 heterocycles. The number of hydrogen-bond acceptors (Lipinski definition) is 4. The van der Waals surface area contributed by atoms with E-state index in [0.29, 0.717) is 0 Å². The minimum atomic E-state index is 0. The van der Waals surface area contributed by atoms with Crippen LogP contribution in [0.4, 0.5) is 5.69 Å². The highest BCUT2D eigenvalue weighted by molar-refractivity contribution is 5.85. The molecule has 1 aliphatic heterocycles. The largest absolute Gasteiger partial charge is 0.367 e. The molecule has 26 heavy (non-hydrogen) atoms. The topological polar surface area (TPSA) is 22.1 Å². The SMILES string of the molecule is CCN(Cc1ccccc1)c1ccc(/C=N/N2CCN(C)CC2)cc1.Cl. The van der Waals surface area contributed by atoms with Gasteiger partial charge >= 0.3 is 0 Å². The molecule has 1 aliphatic rings. The van der Waals surface area contributed by atoms with Gasteiger partial charge in [-0.3, -0.25) is 5.01 Å². The van der Waals surface area contributed by atoms with Crippen LogP contribution in [0.1, 0.15) is 18.1 Å². The van der Waals surface area contributed by atoms with Crippen molar-refractivity contribution in [3.63, 3.8) is 0 Å². The Morgan fingerprint density at radius 3 is 2.23 bits per heavy atom. The Hall–Kier alpha value is -2.04. The number of benzene rings is 2. The summed E-state index contributed by atoms with van der Waals surface area (Å²) in [5.74, 6) is 0. The Bertz CT molecular complexity index is 664. The molecule has 1 fully saturated rings. The predicted molar refractivity (Wildman–Crippen MR) is 114 cm³/mol. The smallest absolute Gasteiger partial charge is 0.0542 e. The normalized spacial score (nSPS) is 15.1. The summed E-state index contributed by atoms with van der Waals surface area (Å²) in [6.07, 6.45) is 1.97. The molecule has 0 radical (unpaired) electrons. The molecule has 4 nitrogen and oxygen atoms in total. The van der Waals surface area contributed by atoms with Crippen LogP contribution >= 0.6 is 12.4 Å². The van der Waals surface area contributed by atoms with Crippen molar-refractivity contribution < 1.29 is 0 Å². The molecule has 0 bridgehead atoms. The highest BCUT2D eigenvalue weighted by Gasteiger charge is 2.10. The van der Waals surface area contributed by atoms with E-state index in [1.165, 1.54) is 11.3 Å². The summed E-state index contributed by atoms with van der Waals surface area (Å²) in [6.45, 7) is 8.31. The summed E-state index contributed by atoms with van der Waals surface area (Å²) in [5, 5.41) is 6.77. The van der Waals surface area contributed by atoms with Gasteiger partial charge in [-0.1, -0.05) is 42.5 Å². The van der Waals surface area contributed by atoms with Gasteiger partial charge in [-0.25, -0.2) is 0 Å². The molecule has 140 valence electrons. The van der Waals surface area contributed by atoms with Gasteiger partial charge in [0.1, 0.15) is 0 Å². The third-order valence-electron chi connectivity index (χ3n) is 4.71. The number of anilines is 1. The molecule has 0 unspecified atom stereocenters. The average molecular weight is 373 g/mol. The minimum absolute atomic E-state index is 0. The summed E-state index contributed by atoms with van der Waals surface area (Å²) in [7, 11) is 2.16. The van der Waals surface area contributed by atoms with Gasteiger partial charge in [-0.15, -0.1) is 12.4 Å². The number of nitrogens with zero attached hydrogens (tertiary/aromatic N) is 4. The third kappa shape index (κ3) is 5.75. The molecule has 2 aromatic rings. The van der Waals surface area contributed by atoms with E-state index in [1.54, 1.807) is 0 Å². The number of piperazine rings is 1. The quantitative estimate of drug-likeness (QED) is 0.721. The molecule has 1 saturated heterocycles. The van der Waals surface area contributed by atoms with Crippen LogP contribution in [-0.2, 0) is 6.54 Å². The molecular weight excluding hydrogens is 344 g/mol. The lowest BCUT2D eigenvalue weighted by Crippen LogP contribution is -2.41. The Labute approximate surface area is 163 Å². The first-order valence-electron chi connectivity index (χ1n) is 9.11. The third-order valence-corrected chi connectivity index (χ3v) is 4.71. The standard InChI is InChI=1S/C21H28N4.ClH/c1-3-24(18-20-7-5-4-6-8-20)21-11-9-19(10-12-21)17-22-25-15-13-23(2)14-16-25;/h4-12,17H,3,13-16,18H2,1-2H3;1H/b22-17+;. The van der Waals surface area contributed by atoms with Crippen LogP contribution in [0, 0.1) is 0 Å². The van der Waals surface area contributed by atoms with Gasteiger partial charge in [0, 0.05) is 45.0 Å². The number of halogens is 1. The molecule has 0 atom stereocenters. The van der Waals surface area contributed by atoms with Crippen LogP contribution in [-0.4, -0.2) is 55.9 Å². The molecule has 0 N–H and O–H groups in total. The van der Waals surface area contributed by atoms with Crippen LogP contribution in [0.5, 0.6) is 0 Å². The molecule has 0 aliphatic carbocycles. The van der Waals surface area contributed by atoms with Crippen LogP contribution in [0.2, 0.25) is 0 Å². The Morgan fingerprint density at radius 1 is 0.962 bits per heavy atom. The second-order valence-corrected chi connectivity index (χ2v) is 6.59. The maximum Gasteiger partial charge on any atom is 0.0542 e. The van der Waals surface area contributed by atoms with E-state index in [0.717, 1.165) is 44.8 Å². The van der Waals surface area contributed by atoms with Gasteiger partial charge in [0.25, 0.3) is 0 Å². The Morgan fingerprint density at radius 2 is 1.62 bits per heavy atom. The summed E-state index contributed by atoms with van der Waals surface area (Å²) < 4.78 is 0. The van der Waals surface area contributed by atoms with Crippen LogP contribution < -0.4 is 4.90 Å². The molecule has 5 heteroatoms. The van der Waals surface area contributed by atoms with E-state index < -0.39 is 0 Å². The van der Waals surface area contributed by atoms with Gasteiger partial charge in [0.2, 0.25) is 0 Å². The van der Waals surface area contributed by atoms with Crippen molar-refractivity contribution in [2.75, 3.05) is 44.7 Å². The molecule has 3 rings (SSSR count). The number of hydrazone groups is 1. The van der Waals surface area contributed by atoms with E-state index in [1.807, 2.05) is 6.21 Å². The summed E-state index contributed by atoms with van der Waals surface area (Å²) in [6, 6.07) is 19.3. The summed E-state index contributed by atoms with van der Waals surface area (Å²) in [5.41, 5.74) is 3.74. The lowest BCUT2D eigenvalue weighted by Gasteiger charge is -2.30. The van der Waals surface area contributed by atoms with Crippen LogP contribution in [0.3, 0.4) is 0 Å². The first kappa shape index (κ1) is 20.3. The van der Waals surface area contributed by atoms with E-state index >= 15 is 0 Å². The van der Waals surface area contributed by atoms with Crippen molar-refractivity contribution in [1.82, 2.24) is 9.91 Å². The van der Waals surface area contributed by atoms with Crippen LogP contribution in [0.15, 0.2) is 59.7 Å². The molecule has 0 spiro atoms. The zero-order chi connectivity index (χ0) is 17.5. The van der Waals surface area contributed by atoms with E-state index in [9.17, 15) is 0 Å². The minimum Gasteiger partial charge on any atom is -0.367 e. The van der Waals surface area contributed by atoms with Crippen molar-refractivity contribution in [3.05, 3.63) is 65.7 Å². The number of rotatable bonds is 6. The molecule has 0 saturated carbocycles. The summed E-state index contributed by atoms with van der Waals surface area (Å²) >= 11 is 0. The van der Waals surface area contributed by atoms with Crippen molar-refractivity contribution in [2.24, 2.45) is 5.10 Å². The van der Waals surface area contributed by atoms with Gasteiger partial charge in [0.05, 0.1) is 6.21 Å². The van der Waals surface area contributed by atoms with Crippen molar-refractivity contribution in [3.8, 4) is 0 Å². The number of hydrogen-bond donors (Lipinski definition) is 0. The fraction of sp³-hybridized carbons (Fsp3) is 0.381. The monoisotopic (exact) mass is 372 g/mol. The van der Waals surface area contributed by atoms with Crippen molar-refractivity contribution in [1.29, 1.82) is 0 Å².